The number of fused-ring (bicyclic) bond motifs is 1. The second kappa shape index (κ2) is 4.14. The zero-order valence-electron chi connectivity index (χ0n) is 8.77. The Hall–Kier alpha value is -0.940. The molecule has 16 heavy (non-hydrogen) atoms. The summed E-state index contributed by atoms with van der Waals surface area (Å²) in [5.74, 6) is 0.564. The quantitative estimate of drug-likeness (QED) is 0.806. The van der Waals surface area contributed by atoms with Crippen molar-refractivity contribution in [2.45, 2.75) is 18.8 Å². The van der Waals surface area contributed by atoms with E-state index in [-0.39, 0.29) is 0 Å². The van der Waals surface area contributed by atoms with Gasteiger partial charge in [0, 0.05) is 25.6 Å². The van der Waals surface area contributed by atoms with Crippen LogP contribution in [0.5, 0.6) is 0 Å². The molecular weight excluding hydrogens is 270 g/mol. The molecule has 3 heterocycles. The number of ether oxygens (including phenoxy) is 1. The molecule has 0 spiro atoms. The summed E-state index contributed by atoms with van der Waals surface area (Å²) in [6.07, 6.45) is 7.96. The van der Waals surface area contributed by atoms with Gasteiger partial charge in [-0.15, -0.1) is 0 Å². The molecule has 1 aliphatic rings. The van der Waals surface area contributed by atoms with Gasteiger partial charge in [-0.05, 0) is 40.3 Å². The molecule has 1 aliphatic heterocycles. The van der Waals surface area contributed by atoms with Crippen LogP contribution in [-0.2, 0) is 4.74 Å². The molecule has 2 aromatic heterocycles. The van der Waals surface area contributed by atoms with Gasteiger partial charge in [0.1, 0.15) is 0 Å². The fourth-order valence-electron chi connectivity index (χ4n) is 2.10. The standard InChI is InChI=1S/C11H12BrN3O/c12-10-6-14-15-7-9(5-13-11(10)15)8-1-3-16-4-2-8/h5-8H,1-4H2. The fourth-order valence-corrected chi connectivity index (χ4v) is 2.48. The highest BCUT2D eigenvalue weighted by Crippen LogP contribution is 2.27. The Bertz CT molecular complexity index is 505. The molecule has 0 N–H and O–H groups in total. The van der Waals surface area contributed by atoms with Crippen LogP contribution in [-0.4, -0.2) is 27.8 Å². The summed E-state index contributed by atoms with van der Waals surface area (Å²) >= 11 is 3.42. The molecule has 0 atom stereocenters. The molecule has 0 amide bonds. The van der Waals surface area contributed by atoms with E-state index in [0.717, 1.165) is 36.2 Å². The van der Waals surface area contributed by atoms with Gasteiger partial charge in [0.2, 0.25) is 0 Å². The summed E-state index contributed by atoms with van der Waals surface area (Å²) in [6, 6.07) is 0. The van der Waals surface area contributed by atoms with E-state index < -0.39 is 0 Å². The number of rotatable bonds is 1. The summed E-state index contributed by atoms with van der Waals surface area (Å²) in [5, 5.41) is 4.25. The third-order valence-electron chi connectivity index (χ3n) is 3.03. The van der Waals surface area contributed by atoms with E-state index in [0.29, 0.717) is 5.92 Å². The number of aromatic nitrogens is 3. The van der Waals surface area contributed by atoms with Crippen molar-refractivity contribution in [1.29, 1.82) is 0 Å². The van der Waals surface area contributed by atoms with E-state index in [1.165, 1.54) is 5.56 Å². The topological polar surface area (TPSA) is 39.4 Å². The maximum atomic E-state index is 5.36. The molecule has 0 aromatic carbocycles. The Morgan fingerprint density at radius 2 is 2.12 bits per heavy atom. The molecule has 0 aliphatic carbocycles. The molecule has 0 unspecified atom stereocenters. The lowest BCUT2D eigenvalue weighted by atomic mass is 9.94. The van der Waals surface area contributed by atoms with Crippen LogP contribution in [0.25, 0.3) is 5.65 Å². The van der Waals surface area contributed by atoms with Crippen molar-refractivity contribution >= 4 is 21.6 Å². The second-order valence-corrected chi connectivity index (χ2v) is 4.89. The average molecular weight is 282 g/mol. The molecule has 0 radical (unpaired) electrons. The predicted octanol–water partition coefficient (Wildman–Crippen LogP) is 2.39. The number of nitrogens with zero attached hydrogens (tertiary/aromatic N) is 3. The normalized spacial score (nSPS) is 18.1. The first-order valence-electron chi connectivity index (χ1n) is 5.41. The molecule has 3 rings (SSSR count). The second-order valence-electron chi connectivity index (χ2n) is 4.03. The van der Waals surface area contributed by atoms with E-state index >= 15 is 0 Å². The largest absolute Gasteiger partial charge is 0.381 e. The molecule has 1 fully saturated rings. The molecule has 0 bridgehead atoms. The van der Waals surface area contributed by atoms with Crippen molar-refractivity contribution in [3.8, 4) is 0 Å². The maximum Gasteiger partial charge on any atom is 0.169 e. The Balaban J connectivity index is 1.97. The van der Waals surface area contributed by atoms with E-state index in [1.807, 2.05) is 10.7 Å². The lowest BCUT2D eigenvalue weighted by Crippen LogP contribution is -2.14. The first-order valence-corrected chi connectivity index (χ1v) is 6.20. The molecule has 5 heteroatoms. The monoisotopic (exact) mass is 281 g/mol. The average Bonchev–Trinajstić information content (AvgIpc) is 2.72. The highest BCUT2D eigenvalue weighted by molar-refractivity contribution is 9.10. The molecule has 4 nitrogen and oxygen atoms in total. The first kappa shape index (κ1) is 10.2. The molecule has 1 saturated heterocycles. The van der Waals surface area contributed by atoms with Crippen LogP contribution in [0, 0.1) is 0 Å². The van der Waals surface area contributed by atoms with Crippen LogP contribution in [0.2, 0.25) is 0 Å². The Labute approximate surface area is 102 Å². The summed E-state index contributed by atoms with van der Waals surface area (Å²) < 4.78 is 8.13. The molecule has 0 saturated carbocycles. The minimum absolute atomic E-state index is 0.564. The van der Waals surface area contributed by atoms with Crippen LogP contribution >= 0.6 is 15.9 Å². The fraction of sp³-hybridized carbons (Fsp3) is 0.455. The van der Waals surface area contributed by atoms with Gasteiger partial charge in [-0.25, -0.2) is 9.50 Å². The van der Waals surface area contributed by atoms with Crippen LogP contribution in [0.15, 0.2) is 23.1 Å². The van der Waals surface area contributed by atoms with Crippen molar-refractivity contribution in [1.82, 2.24) is 14.6 Å². The van der Waals surface area contributed by atoms with Gasteiger partial charge in [-0.1, -0.05) is 0 Å². The van der Waals surface area contributed by atoms with Gasteiger partial charge in [-0.3, -0.25) is 0 Å². The summed E-state index contributed by atoms with van der Waals surface area (Å²) in [5.41, 5.74) is 2.13. The molecular formula is C11H12BrN3O. The summed E-state index contributed by atoms with van der Waals surface area (Å²) in [7, 11) is 0. The molecule has 2 aromatic rings. The van der Waals surface area contributed by atoms with E-state index in [1.54, 1.807) is 6.20 Å². The predicted molar refractivity (Wildman–Crippen MR) is 63.5 cm³/mol. The van der Waals surface area contributed by atoms with Crippen molar-refractivity contribution in [2.24, 2.45) is 0 Å². The number of halogens is 1. The van der Waals surface area contributed by atoms with Crippen molar-refractivity contribution in [3.63, 3.8) is 0 Å². The van der Waals surface area contributed by atoms with Gasteiger partial charge in [0.15, 0.2) is 5.65 Å². The van der Waals surface area contributed by atoms with Crippen LogP contribution in [0.1, 0.15) is 24.3 Å². The maximum absolute atomic E-state index is 5.36. The number of hydrogen-bond donors (Lipinski definition) is 0. The van der Waals surface area contributed by atoms with E-state index in [2.05, 4.69) is 32.2 Å². The highest BCUT2D eigenvalue weighted by atomic mass is 79.9. The van der Waals surface area contributed by atoms with Crippen molar-refractivity contribution in [3.05, 3.63) is 28.6 Å². The van der Waals surface area contributed by atoms with Crippen LogP contribution in [0.4, 0.5) is 0 Å². The highest BCUT2D eigenvalue weighted by Gasteiger charge is 2.17. The van der Waals surface area contributed by atoms with E-state index in [9.17, 15) is 0 Å². The van der Waals surface area contributed by atoms with Crippen molar-refractivity contribution in [2.75, 3.05) is 13.2 Å². The lowest BCUT2D eigenvalue weighted by Gasteiger charge is -2.21. The van der Waals surface area contributed by atoms with Gasteiger partial charge in [-0.2, -0.15) is 5.10 Å². The minimum atomic E-state index is 0.564. The van der Waals surface area contributed by atoms with Gasteiger partial charge in [0.25, 0.3) is 0 Å². The third kappa shape index (κ3) is 1.74. The van der Waals surface area contributed by atoms with Gasteiger partial charge >= 0.3 is 0 Å². The summed E-state index contributed by atoms with van der Waals surface area (Å²) in [4.78, 5) is 4.43. The number of hydrogen-bond acceptors (Lipinski definition) is 3. The Kier molecular flexibility index (Phi) is 2.65. The van der Waals surface area contributed by atoms with Crippen LogP contribution in [0.3, 0.4) is 0 Å². The molecule has 84 valence electrons. The Morgan fingerprint density at radius 1 is 1.31 bits per heavy atom. The first-order chi connectivity index (χ1) is 7.84. The third-order valence-corrected chi connectivity index (χ3v) is 3.59. The lowest BCUT2D eigenvalue weighted by molar-refractivity contribution is 0.0852. The van der Waals surface area contributed by atoms with E-state index in [4.69, 9.17) is 4.74 Å². The van der Waals surface area contributed by atoms with Gasteiger partial charge in [0.05, 0.1) is 10.7 Å². The minimum Gasteiger partial charge on any atom is -0.381 e. The zero-order chi connectivity index (χ0) is 11.0. The van der Waals surface area contributed by atoms with Crippen LogP contribution < -0.4 is 0 Å². The SMILES string of the molecule is Brc1cnn2cc(C3CCOCC3)cnc12. The Morgan fingerprint density at radius 3 is 2.94 bits per heavy atom. The van der Waals surface area contributed by atoms with Gasteiger partial charge < -0.3 is 4.74 Å². The smallest absolute Gasteiger partial charge is 0.169 e. The zero-order valence-corrected chi connectivity index (χ0v) is 10.4. The van der Waals surface area contributed by atoms with Crippen molar-refractivity contribution < 1.29 is 4.74 Å². The summed E-state index contributed by atoms with van der Waals surface area (Å²) in [6.45, 7) is 1.71.